The molecule has 0 atom stereocenters. The molecule has 8 heteroatoms. The molecule has 0 saturated heterocycles. The maximum atomic E-state index is 5.79. The third kappa shape index (κ3) is 4.29. The van der Waals surface area contributed by atoms with Gasteiger partial charge in [-0.05, 0) is 25.4 Å². The van der Waals surface area contributed by atoms with E-state index >= 15 is 0 Å². The number of nitrogens with one attached hydrogen (secondary N) is 1. The molecule has 2 aromatic rings. The lowest BCUT2D eigenvalue weighted by atomic mass is 10.3. The first-order valence-electron chi connectivity index (χ1n) is 5.86. The van der Waals surface area contributed by atoms with E-state index in [1.165, 1.54) is 0 Å². The summed E-state index contributed by atoms with van der Waals surface area (Å²) in [4.78, 5) is 16.3. The molecule has 102 valence electrons. The predicted molar refractivity (Wildman–Crippen MR) is 75.1 cm³/mol. The van der Waals surface area contributed by atoms with Crippen molar-refractivity contribution in [1.82, 2.24) is 19.9 Å². The minimum atomic E-state index is 0.116. The van der Waals surface area contributed by atoms with Crippen LogP contribution in [0, 0.1) is 6.92 Å². The van der Waals surface area contributed by atoms with E-state index < -0.39 is 0 Å². The molecule has 2 rings (SSSR count). The lowest BCUT2D eigenvalue weighted by Gasteiger charge is -2.06. The second-order valence-corrected chi connectivity index (χ2v) is 5.08. The zero-order valence-electron chi connectivity index (χ0n) is 10.7. The van der Waals surface area contributed by atoms with Crippen molar-refractivity contribution < 1.29 is 4.74 Å². The zero-order chi connectivity index (χ0) is 13.7. The lowest BCUT2D eigenvalue weighted by Crippen LogP contribution is -2.10. The number of halogens is 1. The van der Waals surface area contributed by atoms with Gasteiger partial charge in [-0.3, -0.25) is 0 Å². The van der Waals surface area contributed by atoms with Gasteiger partial charge in [0.05, 0.1) is 17.3 Å². The smallest absolute Gasteiger partial charge is 0.322 e. The predicted octanol–water partition coefficient (Wildman–Crippen LogP) is 2.34. The van der Waals surface area contributed by atoms with Gasteiger partial charge in [-0.2, -0.15) is 15.0 Å². The summed E-state index contributed by atoms with van der Waals surface area (Å²) in [6.45, 7) is 5.00. The Bertz CT molecular complexity index is 548. The van der Waals surface area contributed by atoms with Crippen LogP contribution in [0.1, 0.15) is 17.6 Å². The lowest BCUT2D eigenvalue weighted by molar-refractivity contribution is 0.312. The van der Waals surface area contributed by atoms with Gasteiger partial charge in [0.2, 0.25) is 11.2 Å². The Labute approximate surface area is 120 Å². The number of anilines is 1. The fourth-order valence-electron chi connectivity index (χ4n) is 1.43. The topological polar surface area (TPSA) is 72.8 Å². The van der Waals surface area contributed by atoms with E-state index in [0.717, 1.165) is 17.1 Å². The van der Waals surface area contributed by atoms with Crippen molar-refractivity contribution in [3.63, 3.8) is 0 Å². The molecule has 2 heterocycles. The van der Waals surface area contributed by atoms with Gasteiger partial charge >= 0.3 is 6.01 Å². The van der Waals surface area contributed by atoms with E-state index in [9.17, 15) is 0 Å². The van der Waals surface area contributed by atoms with Crippen LogP contribution in [0.25, 0.3) is 0 Å². The highest BCUT2D eigenvalue weighted by atomic mass is 35.5. The average Bonchev–Trinajstić information content (AvgIpc) is 2.75. The third-order valence-electron chi connectivity index (χ3n) is 2.19. The molecule has 0 aliphatic rings. The number of thiazole rings is 1. The Hall–Kier alpha value is -1.47. The van der Waals surface area contributed by atoms with Crippen molar-refractivity contribution in [3.8, 4) is 6.01 Å². The molecule has 0 radical (unpaired) electrons. The van der Waals surface area contributed by atoms with Gasteiger partial charge in [-0.25, -0.2) is 4.98 Å². The number of hydrogen-bond donors (Lipinski definition) is 1. The summed E-state index contributed by atoms with van der Waals surface area (Å²) >= 11 is 7.43. The van der Waals surface area contributed by atoms with Crippen molar-refractivity contribution in [2.75, 3.05) is 18.5 Å². The molecule has 0 saturated carbocycles. The number of ether oxygens (including phenoxy) is 1. The number of rotatable bonds is 6. The van der Waals surface area contributed by atoms with Crippen LogP contribution in [-0.4, -0.2) is 33.1 Å². The molecule has 19 heavy (non-hydrogen) atoms. The maximum absolute atomic E-state index is 5.79. The van der Waals surface area contributed by atoms with Crippen LogP contribution in [0.15, 0.2) is 5.38 Å². The summed E-state index contributed by atoms with van der Waals surface area (Å²) in [5.41, 5.74) is 1.06. The van der Waals surface area contributed by atoms with Crippen LogP contribution in [-0.2, 0) is 6.42 Å². The molecule has 0 aliphatic carbocycles. The van der Waals surface area contributed by atoms with E-state index in [1.54, 1.807) is 11.3 Å². The Kier molecular flexibility index (Phi) is 4.86. The minimum Gasteiger partial charge on any atom is -0.464 e. The molecule has 0 amide bonds. The number of aryl methyl sites for hydroxylation is 1. The molecule has 2 aromatic heterocycles. The van der Waals surface area contributed by atoms with Gasteiger partial charge in [0.15, 0.2) is 0 Å². The Balaban J connectivity index is 1.91. The Morgan fingerprint density at radius 2 is 2.16 bits per heavy atom. The largest absolute Gasteiger partial charge is 0.464 e. The number of hydrogen-bond acceptors (Lipinski definition) is 7. The van der Waals surface area contributed by atoms with Crippen molar-refractivity contribution in [2.24, 2.45) is 0 Å². The fraction of sp³-hybridized carbons (Fsp3) is 0.455. The van der Waals surface area contributed by atoms with Gasteiger partial charge in [-0.1, -0.05) is 0 Å². The average molecular weight is 300 g/mol. The van der Waals surface area contributed by atoms with E-state index in [4.69, 9.17) is 16.3 Å². The standard InChI is InChI=1S/C11H14ClN5OS/c1-3-18-11-16-9(12)15-10(17-11)13-5-4-8-6-19-7(2)14-8/h6H,3-5H2,1-2H3,(H,13,15,16,17). The summed E-state index contributed by atoms with van der Waals surface area (Å²) < 4.78 is 5.20. The highest BCUT2D eigenvalue weighted by Gasteiger charge is 2.05. The van der Waals surface area contributed by atoms with Gasteiger partial charge in [0.1, 0.15) is 0 Å². The number of nitrogens with zero attached hydrogens (tertiary/aromatic N) is 4. The fourth-order valence-corrected chi connectivity index (χ4v) is 2.23. The Morgan fingerprint density at radius 3 is 2.84 bits per heavy atom. The minimum absolute atomic E-state index is 0.116. The first-order chi connectivity index (χ1) is 9.17. The number of aromatic nitrogens is 4. The molecule has 0 spiro atoms. The molecule has 0 bridgehead atoms. The molecule has 0 fully saturated rings. The van der Waals surface area contributed by atoms with Crippen molar-refractivity contribution in [2.45, 2.75) is 20.3 Å². The summed E-state index contributed by atoms with van der Waals surface area (Å²) in [7, 11) is 0. The van der Waals surface area contributed by atoms with Gasteiger partial charge in [0.25, 0.3) is 0 Å². The normalized spacial score (nSPS) is 10.5. The Morgan fingerprint density at radius 1 is 1.32 bits per heavy atom. The first-order valence-corrected chi connectivity index (χ1v) is 7.12. The highest BCUT2D eigenvalue weighted by Crippen LogP contribution is 2.12. The maximum Gasteiger partial charge on any atom is 0.322 e. The quantitative estimate of drug-likeness (QED) is 0.882. The molecule has 1 N–H and O–H groups in total. The molecular formula is C11H14ClN5OS. The van der Waals surface area contributed by atoms with E-state index in [2.05, 4.69) is 25.3 Å². The monoisotopic (exact) mass is 299 g/mol. The van der Waals surface area contributed by atoms with Crippen molar-refractivity contribution in [3.05, 3.63) is 21.4 Å². The van der Waals surface area contributed by atoms with Crippen LogP contribution in [0.2, 0.25) is 5.28 Å². The second-order valence-electron chi connectivity index (χ2n) is 3.68. The summed E-state index contributed by atoms with van der Waals surface area (Å²) in [6.07, 6.45) is 0.803. The van der Waals surface area contributed by atoms with E-state index in [0.29, 0.717) is 19.1 Å². The first kappa shape index (κ1) is 14.0. The summed E-state index contributed by atoms with van der Waals surface area (Å²) in [5, 5.41) is 6.31. The van der Waals surface area contributed by atoms with Crippen LogP contribution in [0.5, 0.6) is 6.01 Å². The van der Waals surface area contributed by atoms with Crippen LogP contribution in [0.4, 0.5) is 5.95 Å². The molecule has 0 aliphatic heterocycles. The molecular weight excluding hydrogens is 286 g/mol. The van der Waals surface area contributed by atoms with Gasteiger partial charge in [-0.15, -0.1) is 11.3 Å². The van der Waals surface area contributed by atoms with Gasteiger partial charge in [0, 0.05) is 18.3 Å². The second kappa shape index (κ2) is 6.63. The van der Waals surface area contributed by atoms with Crippen molar-refractivity contribution in [1.29, 1.82) is 0 Å². The zero-order valence-corrected chi connectivity index (χ0v) is 12.3. The van der Waals surface area contributed by atoms with Crippen LogP contribution >= 0.6 is 22.9 Å². The van der Waals surface area contributed by atoms with E-state index in [1.807, 2.05) is 19.2 Å². The van der Waals surface area contributed by atoms with Crippen LogP contribution in [0.3, 0.4) is 0 Å². The van der Waals surface area contributed by atoms with Crippen molar-refractivity contribution >= 4 is 28.9 Å². The SMILES string of the molecule is CCOc1nc(Cl)nc(NCCc2csc(C)n2)n1. The highest BCUT2D eigenvalue weighted by molar-refractivity contribution is 7.09. The van der Waals surface area contributed by atoms with E-state index in [-0.39, 0.29) is 11.3 Å². The summed E-state index contributed by atoms with van der Waals surface area (Å²) in [5.74, 6) is 0.412. The summed E-state index contributed by atoms with van der Waals surface area (Å²) in [6, 6.07) is 0.231. The molecule has 0 unspecified atom stereocenters. The van der Waals surface area contributed by atoms with Crippen LogP contribution < -0.4 is 10.1 Å². The third-order valence-corrected chi connectivity index (χ3v) is 3.18. The molecule has 6 nitrogen and oxygen atoms in total. The molecule has 0 aromatic carbocycles. The van der Waals surface area contributed by atoms with Gasteiger partial charge < -0.3 is 10.1 Å².